The van der Waals surface area contributed by atoms with Gasteiger partial charge in [-0.25, -0.2) is 0 Å². The SMILES string of the molecule is CCCCCCCCCCCCCCCC[N+]1=C(C)C(C)(C)c2cc3cc(Br)ccc3cc21.[I-]. The first kappa shape index (κ1) is 29.8. The lowest BCUT2D eigenvalue weighted by Gasteiger charge is -2.15. The summed E-state index contributed by atoms with van der Waals surface area (Å²) in [6, 6.07) is 11.5. The molecule has 0 aliphatic carbocycles. The van der Waals surface area contributed by atoms with Gasteiger partial charge < -0.3 is 24.0 Å². The predicted molar refractivity (Wildman–Crippen MR) is 150 cm³/mol. The molecule has 0 saturated carbocycles. The molecule has 2 aromatic rings. The van der Waals surface area contributed by atoms with Gasteiger partial charge in [0, 0.05) is 29.4 Å². The van der Waals surface area contributed by atoms with Crippen molar-refractivity contribution in [2.24, 2.45) is 0 Å². The van der Waals surface area contributed by atoms with E-state index < -0.39 is 0 Å². The summed E-state index contributed by atoms with van der Waals surface area (Å²) >= 11 is 3.64. The van der Waals surface area contributed by atoms with Crippen molar-refractivity contribution in [3.63, 3.8) is 0 Å². The molecule has 1 nitrogen and oxygen atoms in total. The van der Waals surface area contributed by atoms with Gasteiger partial charge in [0.25, 0.3) is 0 Å². The van der Waals surface area contributed by atoms with Crippen LogP contribution in [0.5, 0.6) is 0 Å². The number of hydrogen-bond acceptors (Lipinski definition) is 0. The highest BCUT2D eigenvalue weighted by atomic mass is 127. The summed E-state index contributed by atoms with van der Waals surface area (Å²) in [4.78, 5) is 0. The maximum absolute atomic E-state index is 3.64. The predicted octanol–water partition coefficient (Wildman–Crippen LogP) is 7.48. The highest BCUT2D eigenvalue weighted by Crippen LogP contribution is 2.42. The number of halogens is 2. The second-order valence-electron chi connectivity index (χ2n) is 10.8. The Bertz CT molecular complexity index is 930. The molecular formula is C31H47BrIN. The second kappa shape index (κ2) is 15.0. The van der Waals surface area contributed by atoms with Crippen molar-refractivity contribution in [3.8, 4) is 0 Å². The van der Waals surface area contributed by atoms with E-state index in [1.54, 1.807) is 0 Å². The Hall–Kier alpha value is -0.420. The van der Waals surface area contributed by atoms with E-state index in [0.717, 1.165) is 11.0 Å². The molecule has 0 amide bonds. The van der Waals surface area contributed by atoms with Crippen LogP contribution in [0.4, 0.5) is 5.69 Å². The zero-order valence-corrected chi connectivity index (χ0v) is 25.9. The van der Waals surface area contributed by atoms with Crippen molar-refractivity contribution in [2.75, 3.05) is 6.54 Å². The minimum absolute atomic E-state index is 0. The summed E-state index contributed by atoms with van der Waals surface area (Å²) in [6.45, 7) is 10.6. The zero-order valence-electron chi connectivity index (χ0n) is 22.2. The van der Waals surface area contributed by atoms with Gasteiger partial charge in [-0.05, 0) is 49.2 Å². The van der Waals surface area contributed by atoms with Crippen molar-refractivity contribution in [1.82, 2.24) is 0 Å². The molecule has 1 heterocycles. The molecule has 34 heavy (non-hydrogen) atoms. The molecule has 0 fully saturated rings. The standard InChI is InChI=1S/C31H47BrN.HI/c1-5-6-7-8-9-10-11-12-13-14-15-16-17-18-21-33-25(2)31(3,4)29-23-27-22-28(32)20-19-26(27)24-30(29)33;/h19-20,22-24H,5-18,21H2,1-4H3;1H/q+1;/p-1. The molecule has 190 valence electrons. The quantitative estimate of drug-likeness (QED) is 0.108. The van der Waals surface area contributed by atoms with Crippen molar-refractivity contribution in [3.05, 3.63) is 40.4 Å². The number of benzene rings is 2. The molecule has 0 spiro atoms. The minimum Gasteiger partial charge on any atom is -1.00 e. The van der Waals surface area contributed by atoms with Crippen LogP contribution in [-0.4, -0.2) is 16.8 Å². The van der Waals surface area contributed by atoms with E-state index >= 15 is 0 Å². The maximum atomic E-state index is 3.64. The van der Waals surface area contributed by atoms with Crippen molar-refractivity contribution < 1.29 is 28.6 Å². The van der Waals surface area contributed by atoms with Crippen LogP contribution in [0.25, 0.3) is 10.8 Å². The Balaban J connectivity index is 0.00000408. The lowest BCUT2D eigenvalue weighted by molar-refractivity contribution is -0.439. The molecule has 0 aromatic heterocycles. The molecule has 0 radical (unpaired) electrons. The smallest absolute Gasteiger partial charge is 0.210 e. The average Bonchev–Trinajstić information content (AvgIpc) is 2.97. The Morgan fingerprint density at radius 1 is 0.706 bits per heavy atom. The number of nitrogens with zero attached hydrogens (tertiary/aromatic N) is 1. The lowest BCUT2D eigenvalue weighted by atomic mass is 9.81. The number of fused-ring (bicyclic) bond motifs is 2. The van der Waals surface area contributed by atoms with Crippen LogP contribution in [0.1, 0.15) is 123 Å². The first-order valence-electron chi connectivity index (χ1n) is 13.8. The number of rotatable bonds is 15. The molecule has 0 saturated heterocycles. The highest BCUT2D eigenvalue weighted by Gasteiger charge is 2.42. The third kappa shape index (κ3) is 8.05. The molecule has 3 rings (SSSR count). The molecule has 1 aliphatic rings. The summed E-state index contributed by atoms with van der Waals surface area (Å²) in [7, 11) is 0. The van der Waals surface area contributed by atoms with E-state index in [-0.39, 0.29) is 29.4 Å². The topological polar surface area (TPSA) is 3.01 Å². The Morgan fingerprint density at radius 3 is 1.79 bits per heavy atom. The van der Waals surface area contributed by atoms with Crippen LogP contribution in [0.2, 0.25) is 0 Å². The molecule has 0 unspecified atom stereocenters. The van der Waals surface area contributed by atoms with Gasteiger partial charge in [-0.1, -0.05) is 106 Å². The van der Waals surface area contributed by atoms with Gasteiger partial charge in [0.05, 0.1) is 5.41 Å². The molecule has 3 heteroatoms. The Morgan fingerprint density at radius 2 is 1.24 bits per heavy atom. The fraction of sp³-hybridized carbons (Fsp3) is 0.645. The van der Waals surface area contributed by atoms with E-state index in [4.69, 9.17) is 0 Å². The second-order valence-corrected chi connectivity index (χ2v) is 11.7. The van der Waals surface area contributed by atoms with Crippen LogP contribution in [0.3, 0.4) is 0 Å². The van der Waals surface area contributed by atoms with Gasteiger partial charge in [0.15, 0.2) is 5.71 Å². The van der Waals surface area contributed by atoms with Crippen LogP contribution in [-0.2, 0) is 5.41 Å². The minimum atomic E-state index is 0. The lowest BCUT2D eigenvalue weighted by Crippen LogP contribution is -3.00. The highest BCUT2D eigenvalue weighted by molar-refractivity contribution is 9.10. The van der Waals surface area contributed by atoms with Gasteiger partial charge >= 0.3 is 0 Å². The van der Waals surface area contributed by atoms with Crippen LogP contribution < -0.4 is 24.0 Å². The normalized spacial score (nSPS) is 14.5. The van der Waals surface area contributed by atoms with Gasteiger partial charge in [-0.2, -0.15) is 4.58 Å². The van der Waals surface area contributed by atoms with E-state index in [9.17, 15) is 0 Å². The van der Waals surface area contributed by atoms with Gasteiger partial charge in [-0.15, -0.1) is 0 Å². The molecule has 1 aliphatic heterocycles. The Kier molecular flexibility index (Phi) is 13.1. The summed E-state index contributed by atoms with van der Waals surface area (Å²) in [6.07, 6.45) is 19.9. The largest absolute Gasteiger partial charge is 1.00 e. The van der Waals surface area contributed by atoms with Crippen LogP contribution in [0, 0.1) is 0 Å². The summed E-state index contributed by atoms with van der Waals surface area (Å²) in [5, 5.41) is 2.68. The van der Waals surface area contributed by atoms with Gasteiger partial charge in [0.2, 0.25) is 5.69 Å². The summed E-state index contributed by atoms with van der Waals surface area (Å²) in [5.41, 5.74) is 4.53. The van der Waals surface area contributed by atoms with Crippen molar-refractivity contribution in [2.45, 2.75) is 123 Å². The molecule has 0 atom stereocenters. The van der Waals surface area contributed by atoms with Gasteiger partial charge in [-0.3, -0.25) is 0 Å². The first-order valence-corrected chi connectivity index (χ1v) is 14.6. The van der Waals surface area contributed by atoms with E-state index in [0.29, 0.717) is 0 Å². The summed E-state index contributed by atoms with van der Waals surface area (Å²) < 4.78 is 3.77. The fourth-order valence-electron chi connectivity index (χ4n) is 5.45. The van der Waals surface area contributed by atoms with E-state index in [1.807, 2.05) is 0 Å². The third-order valence-electron chi connectivity index (χ3n) is 7.93. The van der Waals surface area contributed by atoms with Crippen LogP contribution in [0.15, 0.2) is 34.8 Å². The van der Waals surface area contributed by atoms with Gasteiger partial charge in [0.1, 0.15) is 6.54 Å². The van der Waals surface area contributed by atoms with E-state index in [2.05, 4.69) is 78.5 Å². The number of hydrogen-bond donors (Lipinski definition) is 0. The third-order valence-corrected chi connectivity index (χ3v) is 8.42. The number of unbranched alkanes of at least 4 members (excludes halogenated alkanes) is 13. The monoisotopic (exact) mass is 639 g/mol. The van der Waals surface area contributed by atoms with Crippen molar-refractivity contribution >= 4 is 38.1 Å². The molecule has 0 N–H and O–H groups in total. The van der Waals surface area contributed by atoms with Crippen LogP contribution >= 0.6 is 15.9 Å². The van der Waals surface area contributed by atoms with E-state index in [1.165, 1.54) is 118 Å². The molecule has 0 bridgehead atoms. The molecule has 2 aromatic carbocycles. The Labute approximate surface area is 235 Å². The fourth-order valence-corrected chi connectivity index (χ4v) is 5.82. The zero-order chi connectivity index (χ0) is 23.7. The summed E-state index contributed by atoms with van der Waals surface area (Å²) in [5.74, 6) is 0. The maximum Gasteiger partial charge on any atom is 0.210 e. The average molecular weight is 641 g/mol. The van der Waals surface area contributed by atoms with Crippen molar-refractivity contribution in [1.29, 1.82) is 0 Å². The first-order chi connectivity index (χ1) is 15.9. The molecular weight excluding hydrogens is 593 g/mol.